The van der Waals surface area contributed by atoms with Gasteiger partial charge in [-0.05, 0) is 149 Å². The van der Waals surface area contributed by atoms with Crippen LogP contribution in [0.3, 0.4) is 0 Å². The summed E-state index contributed by atoms with van der Waals surface area (Å²) in [5.74, 6) is 0. The van der Waals surface area contributed by atoms with Gasteiger partial charge in [0.1, 0.15) is 11.2 Å². The van der Waals surface area contributed by atoms with Crippen LogP contribution >= 0.6 is 0 Å². The first-order valence-electron chi connectivity index (χ1n) is 23.8. The van der Waals surface area contributed by atoms with Crippen molar-refractivity contribution in [3.05, 3.63) is 218 Å². The van der Waals surface area contributed by atoms with E-state index in [0.717, 1.165) is 83.5 Å². The van der Waals surface area contributed by atoms with Gasteiger partial charge in [-0.15, -0.1) is 0 Å². The lowest BCUT2D eigenvalue weighted by molar-refractivity contribution is 0.673. The molecular formula is C64H38BN3O. The van der Waals surface area contributed by atoms with Gasteiger partial charge in [0.2, 0.25) is 0 Å². The summed E-state index contributed by atoms with van der Waals surface area (Å²) in [6, 6.07) is 80.3. The van der Waals surface area contributed by atoms with Crippen molar-refractivity contribution < 1.29 is 4.42 Å². The van der Waals surface area contributed by atoms with Gasteiger partial charge >= 0.3 is 6.85 Å². The Morgan fingerprint density at radius 3 is 1.64 bits per heavy atom. The molecule has 0 spiro atoms. The number of aromatic nitrogens is 1. The van der Waals surface area contributed by atoms with E-state index in [1.807, 2.05) is 0 Å². The van der Waals surface area contributed by atoms with E-state index in [2.05, 4.69) is 228 Å². The number of hydrogen-bond donors (Lipinski definition) is 1. The van der Waals surface area contributed by atoms with Crippen molar-refractivity contribution >= 4 is 127 Å². The van der Waals surface area contributed by atoms with Crippen LogP contribution in [0.25, 0.3) is 120 Å². The molecule has 4 nitrogen and oxygen atoms in total. The Morgan fingerprint density at radius 2 is 0.971 bits per heavy atom. The molecular weight excluding hydrogens is 838 g/mol. The number of nitrogens with two attached hydrogens (primary N) is 1. The molecule has 0 saturated carbocycles. The number of para-hydroxylation sites is 2. The van der Waals surface area contributed by atoms with Gasteiger partial charge in [0.15, 0.2) is 0 Å². The molecule has 69 heavy (non-hydrogen) atoms. The maximum absolute atomic E-state index is 7.24. The second-order valence-electron chi connectivity index (χ2n) is 19.0. The van der Waals surface area contributed by atoms with Gasteiger partial charge in [-0.25, -0.2) is 0 Å². The van der Waals surface area contributed by atoms with Crippen LogP contribution < -0.4 is 21.6 Å². The lowest BCUT2D eigenvalue weighted by Crippen LogP contribution is -2.56. The number of furan rings is 1. The lowest BCUT2D eigenvalue weighted by Gasteiger charge is -2.41. The van der Waals surface area contributed by atoms with Crippen LogP contribution in [0, 0.1) is 0 Å². The predicted octanol–water partition coefficient (Wildman–Crippen LogP) is 15.6. The topological polar surface area (TPSA) is 47.3 Å². The zero-order chi connectivity index (χ0) is 45.1. The molecule has 2 aliphatic rings. The van der Waals surface area contributed by atoms with E-state index in [1.165, 1.54) is 70.4 Å². The third kappa shape index (κ3) is 5.03. The quantitative estimate of drug-likeness (QED) is 0.0832. The summed E-state index contributed by atoms with van der Waals surface area (Å²) in [5, 5.41) is 14.5. The molecule has 0 aliphatic carbocycles. The standard InChI is InChI=1S/C64H38BN3O/c66-43-34-53-54-36-55-49-23-12-14-26-60(49)69-64(55)61-50-24-11-13-25-57(50)68(63(54)61)65-56-32-41-30-51-47-21-9-7-19-45(47)46-20-8-10-22-48(46)52(51)31-42(41)33-58(56)67(59(35-43)62(53)65)44-28-39(37-15-3-1-4-16-37)27-40(29-44)38-17-5-2-6-18-38/h1-36H,66H2. The number of nitrogens with zero attached hydrogens (tertiary/aromatic N) is 2. The first-order chi connectivity index (χ1) is 34.1. The average Bonchev–Trinajstić information content (AvgIpc) is 3.95. The number of fused-ring (bicyclic) bond motifs is 18. The summed E-state index contributed by atoms with van der Waals surface area (Å²) in [6.07, 6.45) is 0. The third-order valence-electron chi connectivity index (χ3n) is 15.3. The number of anilines is 4. The van der Waals surface area contributed by atoms with Crippen LogP contribution in [-0.2, 0) is 0 Å². The Hall–Kier alpha value is -9.06. The Labute approximate surface area is 396 Å². The van der Waals surface area contributed by atoms with Gasteiger partial charge in [0.05, 0.1) is 5.39 Å². The highest BCUT2D eigenvalue weighted by molar-refractivity contribution is 6.90. The number of benzene rings is 12. The molecule has 14 aromatic rings. The molecule has 0 unspecified atom stereocenters. The van der Waals surface area contributed by atoms with Crippen LogP contribution in [0.5, 0.6) is 0 Å². The third-order valence-corrected chi connectivity index (χ3v) is 15.3. The van der Waals surface area contributed by atoms with E-state index in [4.69, 9.17) is 10.2 Å². The number of nitrogen functional groups attached to an aromatic ring is 1. The van der Waals surface area contributed by atoms with Crippen molar-refractivity contribution in [2.75, 3.05) is 10.6 Å². The minimum atomic E-state index is -0.182. The molecule has 5 heteroatoms. The zero-order valence-corrected chi connectivity index (χ0v) is 37.2. The fourth-order valence-electron chi connectivity index (χ4n) is 12.5. The van der Waals surface area contributed by atoms with Gasteiger partial charge in [-0.2, -0.15) is 0 Å². The molecule has 0 bridgehead atoms. The lowest BCUT2D eigenvalue weighted by atomic mass is 9.45. The van der Waals surface area contributed by atoms with E-state index in [1.54, 1.807) is 0 Å². The van der Waals surface area contributed by atoms with Crippen molar-refractivity contribution in [3.63, 3.8) is 0 Å². The Balaban J connectivity index is 1.08. The van der Waals surface area contributed by atoms with Gasteiger partial charge in [-0.1, -0.05) is 152 Å². The van der Waals surface area contributed by atoms with Crippen molar-refractivity contribution in [3.8, 4) is 33.4 Å². The molecule has 4 heterocycles. The monoisotopic (exact) mass is 875 g/mol. The molecule has 16 rings (SSSR count). The first-order valence-corrected chi connectivity index (χ1v) is 23.8. The van der Waals surface area contributed by atoms with Crippen LogP contribution in [0.4, 0.5) is 22.7 Å². The second-order valence-corrected chi connectivity index (χ2v) is 19.0. The van der Waals surface area contributed by atoms with Crippen LogP contribution in [0.1, 0.15) is 0 Å². The molecule has 2 aromatic heterocycles. The average molecular weight is 876 g/mol. The SMILES string of the molecule is Nc1cc2c3c(c1)N(c1cc(-c4ccccc4)cc(-c4ccccc4)c1)c1cc4cc5c6ccccc6c6ccccc6c5cc4cc1B3n1c3ccccc3c3c4oc5ccccc5c4cc-2c31. The van der Waals surface area contributed by atoms with E-state index in [0.29, 0.717) is 0 Å². The molecule has 0 amide bonds. The van der Waals surface area contributed by atoms with Crippen LogP contribution in [-0.4, -0.2) is 11.3 Å². The number of hydrogen-bond acceptors (Lipinski definition) is 3. The minimum absolute atomic E-state index is 0.182. The van der Waals surface area contributed by atoms with Crippen molar-refractivity contribution in [1.82, 2.24) is 4.48 Å². The summed E-state index contributed by atoms with van der Waals surface area (Å²) in [7, 11) is 0. The summed E-state index contributed by atoms with van der Waals surface area (Å²) in [4.78, 5) is 2.52. The highest BCUT2D eigenvalue weighted by Crippen LogP contribution is 2.51. The molecule has 0 saturated heterocycles. The molecule has 2 N–H and O–H groups in total. The van der Waals surface area contributed by atoms with Crippen molar-refractivity contribution in [2.45, 2.75) is 0 Å². The van der Waals surface area contributed by atoms with E-state index < -0.39 is 0 Å². The van der Waals surface area contributed by atoms with Gasteiger partial charge < -0.3 is 19.5 Å². The van der Waals surface area contributed by atoms with Crippen molar-refractivity contribution in [1.29, 1.82) is 0 Å². The van der Waals surface area contributed by atoms with Crippen molar-refractivity contribution in [2.24, 2.45) is 0 Å². The maximum atomic E-state index is 7.24. The van der Waals surface area contributed by atoms with Gasteiger partial charge in [0, 0.05) is 55.5 Å². The Morgan fingerprint density at radius 1 is 0.406 bits per heavy atom. The normalized spacial score (nSPS) is 12.9. The number of rotatable bonds is 3. The molecule has 0 radical (unpaired) electrons. The summed E-state index contributed by atoms with van der Waals surface area (Å²) in [5.41, 5.74) is 24.8. The second kappa shape index (κ2) is 13.5. The summed E-state index contributed by atoms with van der Waals surface area (Å²) in [6.45, 7) is -0.182. The molecule has 0 fully saturated rings. The maximum Gasteiger partial charge on any atom is 0.333 e. The zero-order valence-electron chi connectivity index (χ0n) is 37.2. The summed E-state index contributed by atoms with van der Waals surface area (Å²) < 4.78 is 9.51. The fourth-order valence-corrected chi connectivity index (χ4v) is 12.5. The molecule has 2 aliphatic heterocycles. The molecule has 0 atom stereocenters. The van der Waals surface area contributed by atoms with E-state index >= 15 is 0 Å². The molecule has 12 aromatic carbocycles. The summed E-state index contributed by atoms with van der Waals surface area (Å²) >= 11 is 0. The van der Waals surface area contributed by atoms with E-state index in [9.17, 15) is 0 Å². The highest BCUT2D eigenvalue weighted by atomic mass is 16.3. The predicted molar refractivity (Wildman–Crippen MR) is 293 cm³/mol. The highest BCUT2D eigenvalue weighted by Gasteiger charge is 2.44. The fraction of sp³-hybridized carbons (Fsp3) is 0. The van der Waals surface area contributed by atoms with E-state index in [-0.39, 0.29) is 6.85 Å². The minimum Gasteiger partial charge on any atom is -0.455 e. The molecule has 318 valence electrons. The Bertz CT molecular complexity index is 4510. The Kier molecular flexibility index (Phi) is 7.27. The largest absolute Gasteiger partial charge is 0.455 e. The van der Waals surface area contributed by atoms with Crippen LogP contribution in [0.2, 0.25) is 0 Å². The van der Waals surface area contributed by atoms with Gasteiger partial charge in [0.25, 0.3) is 0 Å². The first kappa shape index (κ1) is 37.1. The van der Waals surface area contributed by atoms with Crippen LogP contribution in [0.15, 0.2) is 223 Å². The van der Waals surface area contributed by atoms with Gasteiger partial charge in [-0.3, -0.25) is 0 Å². The smallest absolute Gasteiger partial charge is 0.333 e.